The molecule has 0 spiro atoms. The Morgan fingerprint density at radius 3 is 2.20 bits per heavy atom. The molecule has 0 saturated carbocycles. The molecule has 0 unspecified atom stereocenters. The Bertz CT molecular complexity index is 847. The lowest BCUT2D eigenvalue weighted by Gasteiger charge is -2.16. The molecule has 0 aromatic heterocycles. The van der Waals surface area contributed by atoms with Gasteiger partial charge in [0.1, 0.15) is 5.75 Å². The van der Waals surface area contributed by atoms with Gasteiger partial charge >= 0.3 is 0 Å². The maximum absolute atomic E-state index is 6.01. The summed E-state index contributed by atoms with van der Waals surface area (Å²) in [6.45, 7) is 2.12. The van der Waals surface area contributed by atoms with Crippen LogP contribution in [0.3, 0.4) is 0 Å². The Kier molecular flexibility index (Phi) is 5.74. The number of rotatable bonds is 5. The molecular weight excluding hydrogens is 306 g/mol. The lowest BCUT2D eigenvalue weighted by Crippen LogP contribution is -2.16. The van der Waals surface area contributed by atoms with Crippen LogP contribution in [0.1, 0.15) is 18.9 Å². The van der Waals surface area contributed by atoms with E-state index in [1.54, 1.807) is 0 Å². The first-order valence-corrected chi connectivity index (χ1v) is 8.50. The van der Waals surface area contributed by atoms with Gasteiger partial charge in [-0.05, 0) is 42.8 Å². The second-order valence-electron chi connectivity index (χ2n) is 5.65. The van der Waals surface area contributed by atoms with Gasteiger partial charge < -0.3 is 10.1 Å². The summed E-state index contributed by atoms with van der Waals surface area (Å²) in [5.41, 5.74) is 1.97. The number of ether oxygens (including phenoxy) is 1. The van der Waals surface area contributed by atoms with Crippen LogP contribution in [0.4, 0.5) is 5.69 Å². The predicted octanol–water partition coefficient (Wildman–Crippen LogP) is 5.72. The highest BCUT2D eigenvalue weighted by Crippen LogP contribution is 2.29. The maximum Gasteiger partial charge on any atom is 0.150 e. The first-order chi connectivity index (χ1) is 12.3. The van der Waals surface area contributed by atoms with Gasteiger partial charge in [0.05, 0.1) is 11.7 Å². The van der Waals surface area contributed by atoms with Crippen LogP contribution in [0.5, 0.6) is 11.5 Å². The average molecular weight is 327 g/mol. The third-order valence-electron chi connectivity index (χ3n) is 3.76. The van der Waals surface area contributed by atoms with E-state index in [1.807, 2.05) is 84.9 Å². The maximum atomic E-state index is 6.01. The fraction of sp³-hybridized carbons (Fsp3) is 0.130. The average Bonchev–Trinajstić information content (AvgIpc) is 2.68. The number of benzene rings is 3. The van der Waals surface area contributed by atoms with Crippen molar-refractivity contribution < 1.29 is 4.74 Å². The molecule has 0 radical (unpaired) electrons. The quantitative estimate of drug-likeness (QED) is 0.605. The first kappa shape index (κ1) is 16.7. The zero-order valence-electron chi connectivity index (χ0n) is 14.3. The summed E-state index contributed by atoms with van der Waals surface area (Å²) >= 11 is 0. The van der Waals surface area contributed by atoms with E-state index in [-0.39, 0.29) is 6.04 Å². The largest absolute Gasteiger partial charge is 0.455 e. The molecule has 1 atom stereocenters. The fourth-order valence-corrected chi connectivity index (χ4v) is 2.41. The van der Waals surface area contributed by atoms with Crippen LogP contribution in [0.2, 0.25) is 0 Å². The van der Waals surface area contributed by atoms with E-state index >= 15 is 0 Å². The van der Waals surface area contributed by atoms with E-state index in [0.717, 1.165) is 29.2 Å². The van der Waals surface area contributed by atoms with E-state index in [0.29, 0.717) is 0 Å². The first-order valence-electron chi connectivity index (χ1n) is 8.50. The van der Waals surface area contributed by atoms with Crippen LogP contribution in [0, 0.1) is 11.8 Å². The zero-order chi connectivity index (χ0) is 17.3. The topological polar surface area (TPSA) is 21.3 Å². The Morgan fingerprint density at radius 2 is 1.48 bits per heavy atom. The summed E-state index contributed by atoms with van der Waals surface area (Å²) in [7, 11) is 0. The van der Waals surface area contributed by atoms with Gasteiger partial charge in [-0.15, -0.1) is 0 Å². The highest BCUT2D eigenvalue weighted by atomic mass is 16.5. The van der Waals surface area contributed by atoms with Gasteiger partial charge in [0.2, 0.25) is 0 Å². The second kappa shape index (κ2) is 8.61. The molecule has 1 N–H and O–H groups in total. The van der Waals surface area contributed by atoms with Crippen molar-refractivity contribution in [2.24, 2.45) is 0 Å². The molecule has 124 valence electrons. The summed E-state index contributed by atoms with van der Waals surface area (Å²) in [6, 6.07) is 27.8. The third-order valence-corrected chi connectivity index (χ3v) is 3.76. The van der Waals surface area contributed by atoms with Crippen molar-refractivity contribution in [3.05, 3.63) is 90.5 Å². The molecule has 0 bridgehead atoms. The molecule has 0 aliphatic heterocycles. The van der Waals surface area contributed by atoms with Gasteiger partial charge in [-0.3, -0.25) is 0 Å². The van der Waals surface area contributed by atoms with Crippen LogP contribution in [-0.4, -0.2) is 6.04 Å². The van der Waals surface area contributed by atoms with Gasteiger partial charge in [0.25, 0.3) is 0 Å². The minimum atomic E-state index is 0.0562. The SMILES string of the molecule is CC[C@@H](C#Cc1ccccc1)Nc1ccccc1Oc1ccccc1. The van der Waals surface area contributed by atoms with E-state index < -0.39 is 0 Å². The fourth-order valence-electron chi connectivity index (χ4n) is 2.41. The summed E-state index contributed by atoms with van der Waals surface area (Å²) in [4.78, 5) is 0. The van der Waals surface area contributed by atoms with Crippen LogP contribution >= 0.6 is 0 Å². The minimum absolute atomic E-state index is 0.0562. The number of hydrogen-bond acceptors (Lipinski definition) is 2. The Morgan fingerprint density at radius 1 is 0.840 bits per heavy atom. The zero-order valence-corrected chi connectivity index (χ0v) is 14.3. The normalized spacial score (nSPS) is 11.1. The smallest absolute Gasteiger partial charge is 0.150 e. The summed E-state index contributed by atoms with van der Waals surface area (Å²) < 4.78 is 6.01. The highest BCUT2D eigenvalue weighted by Gasteiger charge is 2.08. The van der Waals surface area contributed by atoms with E-state index in [2.05, 4.69) is 24.1 Å². The standard InChI is InChI=1S/C23H21NO/c1-2-20(18-17-19-11-5-3-6-12-19)24-22-15-9-10-16-23(22)25-21-13-7-4-8-14-21/h3-16,20,24H,2H2,1H3/t20-/m0/s1. The Balaban J connectivity index is 1.76. The van der Waals surface area contributed by atoms with Crippen LogP contribution in [0.25, 0.3) is 0 Å². The highest BCUT2D eigenvalue weighted by molar-refractivity contribution is 5.59. The molecule has 3 aromatic rings. The second-order valence-corrected chi connectivity index (χ2v) is 5.65. The monoisotopic (exact) mass is 327 g/mol. The Hall–Kier alpha value is -3.18. The molecule has 0 fully saturated rings. The van der Waals surface area contributed by atoms with E-state index in [1.165, 1.54) is 0 Å². The minimum Gasteiger partial charge on any atom is -0.455 e. The Labute approximate surface area is 149 Å². The molecular formula is C23H21NO. The van der Waals surface area contributed by atoms with Gasteiger partial charge in [0.15, 0.2) is 5.75 Å². The molecule has 2 heteroatoms. The summed E-state index contributed by atoms with van der Waals surface area (Å²) in [6.07, 6.45) is 0.902. The van der Waals surface area contributed by atoms with Crippen molar-refractivity contribution >= 4 is 5.69 Å². The van der Waals surface area contributed by atoms with Crippen molar-refractivity contribution in [3.8, 4) is 23.3 Å². The molecule has 0 saturated heterocycles. The number of hydrogen-bond donors (Lipinski definition) is 1. The number of para-hydroxylation sites is 3. The molecule has 0 aliphatic carbocycles. The molecule has 3 aromatic carbocycles. The molecule has 0 aliphatic rings. The lowest BCUT2D eigenvalue weighted by atomic mass is 10.1. The van der Waals surface area contributed by atoms with Crippen molar-refractivity contribution in [1.82, 2.24) is 0 Å². The van der Waals surface area contributed by atoms with Gasteiger partial charge in [-0.25, -0.2) is 0 Å². The van der Waals surface area contributed by atoms with Gasteiger partial charge in [-0.1, -0.05) is 67.3 Å². The molecule has 0 amide bonds. The van der Waals surface area contributed by atoms with Crippen molar-refractivity contribution in [3.63, 3.8) is 0 Å². The van der Waals surface area contributed by atoms with E-state index in [4.69, 9.17) is 4.74 Å². The molecule has 0 heterocycles. The van der Waals surface area contributed by atoms with Crippen LogP contribution in [-0.2, 0) is 0 Å². The van der Waals surface area contributed by atoms with Crippen molar-refractivity contribution in [1.29, 1.82) is 0 Å². The summed E-state index contributed by atoms with van der Waals surface area (Å²) in [5, 5.41) is 3.49. The lowest BCUT2D eigenvalue weighted by molar-refractivity contribution is 0.484. The van der Waals surface area contributed by atoms with Gasteiger partial charge in [-0.2, -0.15) is 0 Å². The third kappa shape index (κ3) is 4.89. The molecule has 25 heavy (non-hydrogen) atoms. The number of nitrogens with one attached hydrogen (secondary N) is 1. The number of anilines is 1. The molecule has 2 nitrogen and oxygen atoms in total. The predicted molar refractivity (Wildman–Crippen MR) is 104 cm³/mol. The van der Waals surface area contributed by atoms with Crippen LogP contribution in [0.15, 0.2) is 84.9 Å². The van der Waals surface area contributed by atoms with Crippen molar-refractivity contribution in [2.45, 2.75) is 19.4 Å². The van der Waals surface area contributed by atoms with E-state index in [9.17, 15) is 0 Å². The van der Waals surface area contributed by atoms with Gasteiger partial charge in [0, 0.05) is 5.56 Å². The summed E-state index contributed by atoms with van der Waals surface area (Å²) in [5.74, 6) is 8.16. The molecule has 3 rings (SSSR count). The van der Waals surface area contributed by atoms with Crippen molar-refractivity contribution in [2.75, 3.05) is 5.32 Å². The van der Waals surface area contributed by atoms with Crippen LogP contribution < -0.4 is 10.1 Å².